The first-order valence-corrected chi connectivity index (χ1v) is 8.79. The fourth-order valence-electron chi connectivity index (χ4n) is 2.43. The minimum absolute atomic E-state index is 0.0445. The average Bonchev–Trinajstić information content (AvgIpc) is 3.17. The highest BCUT2D eigenvalue weighted by molar-refractivity contribution is 6.29. The largest absolute Gasteiger partial charge is 0.424 e. The molecule has 0 unspecified atom stereocenters. The van der Waals surface area contributed by atoms with Gasteiger partial charge < -0.3 is 14.5 Å². The highest BCUT2D eigenvalue weighted by Crippen LogP contribution is 2.32. The molecule has 2 heterocycles. The Kier molecular flexibility index (Phi) is 5.23. The second-order valence-corrected chi connectivity index (χ2v) is 6.29. The molecular weight excluding hydrogens is 423 g/mol. The summed E-state index contributed by atoms with van der Waals surface area (Å²) >= 11 is 5.79. The first kappa shape index (κ1) is 19.6. The molecule has 0 aliphatic heterocycles. The highest BCUT2D eigenvalue weighted by Gasteiger charge is 2.30. The molecule has 30 heavy (non-hydrogen) atoms. The van der Waals surface area contributed by atoms with Gasteiger partial charge in [-0.3, -0.25) is 0 Å². The Balaban J connectivity index is 1.46. The maximum absolute atomic E-state index is 12.8. The van der Waals surface area contributed by atoms with E-state index < -0.39 is 11.7 Å². The number of nitrogens with zero attached hydrogens (tertiary/aromatic N) is 4. The number of halogens is 4. The van der Waals surface area contributed by atoms with E-state index in [9.17, 15) is 13.2 Å². The zero-order chi connectivity index (χ0) is 21.1. The molecule has 4 rings (SSSR count). The summed E-state index contributed by atoms with van der Waals surface area (Å²) < 4.78 is 49.4. The molecule has 0 radical (unpaired) electrons. The lowest BCUT2D eigenvalue weighted by atomic mass is 10.2. The fourth-order valence-corrected chi connectivity index (χ4v) is 2.56. The number of hydrogen-bond acceptors (Lipinski definition) is 7. The summed E-state index contributed by atoms with van der Waals surface area (Å²) in [7, 11) is 0. The van der Waals surface area contributed by atoms with Gasteiger partial charge in [-0.05, 0) is 48.5 Å². The molecule has 7 nitrogen and oxygen atoms in total. The average molecular weight is 434 g/mol. The van der Waals surface area contributed by atoms with Crippen LogP contribution in [0.25, 0.3) is 11.5 Å². The number of rotatable bonds is 5. The zero-order valence-electron chi connectivity index (χ0n) is 14.9. The Labute approximate surface area is 172 Å². The van der Waals surface area contributed by atoms with E-state index in [1.54, 1.807) is 24.3 Å². The van der Waals surface area contributed by atoms with Gasteiger partial charge in [-0.2, -0.15) is 18.2 Å². The summed E-state index contributed by atoms with van der Waals surface area (Å²) in [6.07, 6.45) is -2.98. The van der Waals surface area contributed by atoms with Gasteiger partial charge in [0.2, 0.25) is 5.89 Å². The highest BCUT2D eigenvalue weighted by atomic mass is 35.5. The van der Waals surface area contributed by atoms with Crippen LogP contribution in [0, 0.1) is 0 Å². The topological polar surface area (TPSA) is 86.0 Å². The minimum atomic E-state index is -4.45. The fraction of sp³-hybridized carbons (Fsp3) is 0.0526. The van der Waals surface area contributed by atoms with Gasteiger partial charge in [0.15, 0.2) is 0 Å². The van der Waals surface area contributed by atoms with E-state index in [4.69, 9.17) is 20.8 Å². The standard InChI is InChI=1S/C19H11ClF3N5O2/c20-15-8-9-24-17(26-15)29-14-6-4-11(5-7-14)16-27-28-18(30-16)25-13-3-1-2-12(10-13)19(21,22)23/h1-10H,(H,25,28). The van der Waals surface area contributed by atoms with Gasteiger partial charge in [-0.15, -0.1) is 5.10 Å². The Morgan fingerprint density at radius 1 is 1.00 bits per heavy atom. The molecule has 0 aliphatic carbocycles. The monoisotopic (exact) mass is 433 g/mol. The molecule has 152 valence electrons. The molecule has 0 saturated heterocycles. The van der Waals surface area contributed by atoms with Crippen LogP contribution in [0.2, 0.25) is 5.15 Å². The molecule has 2 aromatic carbocycles. The van der Waals surface area contributed by atoms with Gasteiger partial charge in [0.1, 0.15) is 10.9 Å². The van der Waals surface area contributed by atoms with E-state index in [1.807, 2.05) is 0 Å². The van der Waals surface area contributed by atoms with Gasteiger partial charge >= 0.3 is 18.2 Å². The van der Waals surface area contributed by atoms with Gasteiger partial charge in [-0.25, -0.2) is 4.98 Å². The van der Waals surface area contributed by atoms with Crippen LogP contribution in [0.1, 0.15) is 5.56 Å². The molecule has 0 bridgehead atoms. The predicted molar refractivity (Wildman–Crippen MR) is 102 cm³/mol. The lowest BCUT2D eigenvalue weighted by Crippen LogP contribution is -2.05. The number of alkyl halides is 3. The summed E-state index contributed by atoms with van der Waals surface area (Å²) in [5.41, 5.74) is -0.0317. The van der Waals surface area contributed by atoms with Crippen molar-refractivity contribution in [1.82, 2.24) is 20.2 Å². The van der Waals surface area contributed by atoms with E-state index in [0.29, 0.717) is 11.3 Å². The van der Waals surface area contributed by atoms with Gasteiger partial charge in [-0.1, -0.05) is 22.8 Å². The number of anilines is 2. The van der Waals surface area contributed by atoms with Crippen LogP contribution in [-0.4, -0.2) is 20.2 Å². The van der Waals surface area contributed by atoms with E-state index in [0.717, 1.165) is 12.1 Å². The van der Waals surface area contributed by atoms with Crippen molar-refractivity contribution in [3.8, 4) is 23.2 Å². The summed E-state index contributed by atoms with van der Waals surface area (Å²) in [6.45, 7) is 0. The van der Waals surface area contributed by atoms with Crippen molar-refractivity contribution in [2.24, 2.45) is 0 Å². The number of ether oxygens (including phenoxy) is 1. The predicted octanol–water partition coefficient (Wildman–Crippen LogP) is 5.73. The van der Waals surface area contributed by atoms with Crippen molar-refractivity contribution < 1.29 is 22.3 Å². The molecular formula is C19H11ClF3N5O2. The third-order valence-corrected chi connectivity index (χ3v) is 3.99. The van der Waals surface area contributed by atoms with Crippen LogP contribution in [0.3, 0.4) is 0 Å². The maximum atomic E-state index is 12.8. The second-order valence-electron chi connectivity index (χ2n) is 5.90. The first-order chi connectivity index (χ1) is 14.4. The quantitative estimate of drug-likeness (QED) is 0.402. The minimum Gasteiger partial charge on any atom is -0.424 e. The molecule has 2 aromatic heterocycles. The number of benzene rings is 2. The molecule has 0 aliphatic rings. The van der Waals surface area contributed by atoms with Crippen LogP contribution in [0.15, 0.2) is 65.2 Å². The van der Waals surface area contributed by atoms with Gasteiger partial charge in [0.25, 0.3) is 0 Å². The maximum Gasteiger partial charge on any atom is 0.416 e. The molecule has 0 atom stereocenters. The van der Waals surface area contributed by atoms with E-state index in [-0.39, 0.29) is 28.8 Å². The van der Waals surface area contributed by atoms with Crippen LogP contribution in [0.4, 0.5) is 24.9 Å². The Morgan fingerprint density at radius 2 is 1.80 bits per heavy atom. The van der Waals surface area contributed by atoms with Crippen molar-refractivity contribution in [1.29, 1.82) is 0 Å². The van der Waals surface area contributed by atoms with Crippen molar-refractivity contribution >= 4 is 23.3 Å². The van der Waals surface area contributed by atoms with Crippen LogP contribution < -0.4 is 10.1 Å². The molecule has 0 saturated carbocycles. The lowest BCUT2D eigenvalue weighted by molar-refractivity contribution is -0.137. The van der Waals surface area contributed by atoms with Crippen molar-refractivity contribution in [2.45, 2.75) is 6.18 Å². The zero-order valence-corrected chi connectivity index (χ0v) is 15.6. The summed E-state index contributed by atoms with van der Waals surface area (Å²) in [6, 6.07) is 12.9. The summed E-state index contributed by atoms with van der Waals surface area (Å²) in [5.74, 6) is 0.637. The van der Waals surface area contributed by atoms with Crippen LogP contribution in [-0.2, 0) is 6.18 Å². The van der Waals surface area contributed by atoms with Gasteiger partial charge in [0.05, 0.1) is 5.56 Å². The SMILES string of the molecule is FC(F)(F)c1cccc(Nc2nnc(-c3ccc(Oc4nccc(Cl)n4)cc3)o2)c1. The Hall–Kier alpha value is -3.66. The van der Waals surface area contributed by atoms with E-state index in [2.05, 4.69) is 25.5 Å². The summed E-state index contributed by atoms with van der Waals surface area (Å²) in [4.78, 5) is 7.87. The normalized spacial score (nSPS) is 11.3. The van der Waals surface area contributed by atoms with Crippen LogP contribution >= 0.6 is 11.6 Å². The molecule has 0 fully saturated rings. The smallest absolute Gasteiger partial charge is 0.416 e. The number of nitrogens with one attached hydrogen (secondary N) is 1. The van der Waals surface area contributed by atoms with E-state index in [1.165, 1.54) is 24.4 Å². The molecule has 4 aromatic rings. The lowest BCUT2D eigenvalue weighted by Gasteiger charge is -2.08. The number of aromatic nitrogens is 4. The third kappa shape index (κ3) is 4.66. The molecule has 0 spiro atoms. The second kappa shape index (κ2) is 7.99. The molecule has 11 heteroatoms. The van der Waals surface area contributed by atoms with Crippen molar-refractivity contribution in [3.63, 3.8) is 0 Å². The van der Waals surface area contributed by atoms with Crippen molar-refractivity contribution in [3.05, 3.63) is 71.5 Å². The first-order valence-electron chi connectivity index (χ1n) is 8.41. The molecule has 1 N–H and O–H groups in total. The number of hydrogen-bond donors (Lipinski definition) is 1. The van der Waals surface area contributed by atoms with Crippen molar-refractivity contribution in [2.75, 3.05) is 5.32 Å². The van der Waals surface area contributed by atoms with Crippen LogP contribution in [0.5, 0.6) is 11.8 Å². The Bertz CT molecular complexity index is 1170. The Morgan fingerprint density at radius 3 is 2.53 bits per heavy atom. The summed E-state index contributed by atoms with van der Waals surface area (Å²) in [5, 5.41) is 10.6. The third-order valence-electron chi connectivity index (χ3n) is 3.78. The van der Waals surface area contributed by atoms with Gasteiger partial charge in [0, 0.05) is 17.4 Å². The molecule has 0 amide bonds. The van der Waals surface area contributed by atoms with E-state index >= 15 is 0 Å².